The van der Waals surface area contributed by atoms with Gasteiger partial charge in [0.2, 0.25) is 0 Å². The standard InChI is InChI=1S/C22H31NO/c1-4-23(5-2)18-22(24-6-3)21-16-14-20(15-17-21)13-12-19-10-8-7-9-11-19/h7-11,14-17,22H,4-6,12-13,18H2,1-3H3/t22-/m1/s1. The summed E-state index contributed by atoms with van der Waals surface area (Å²) < 4.78 is 5.99. The lowest BCUT2D eigenvalue weighted by Crippen LogP contribution is -2.29. The molecule has 0 fully saturated rings. The largest absolute Gasteiger partial charge is 0.372 e. The van der Waals surface area contributed by atoms with Crippen molar-refractivity contribution in [1.82, 2.24) is 4.90 Å². The molecule has 2 heteroatoms. The Balaban J connectivity index is 1.97. The molecule has 0 aliphatic heterocycles. The van der Waals surface area contributed by atoms with Gasteiger partial charge in [0.1, 0.15) is 0 Å². The molecule has 1 atom stereocenters. The van der Waals surface area contributed by atoms with Gasteiger partial charge in [0.15, 0.2) is 0 Å². The Kier molecular flexibility index (Phi) is 8.00. The van der Waals surface area contributed by atoms with Crippen LogP contribution in [0.1, 0.15) is 43.6 Å². The van der Waals surface area contributed by atoms with Gasteiger partial charge in [0, 0.05) is 13.2 Å². The molecule has 0 aliphatic rings. The molecule has 0 saturated heterocycles. The van der Waals surface area contributed by atoms with Crippen LogP contribution in [-0.2, 0) is 17.6 Å². The highest BCUT2D eigenvalue weighted by atomic mass is 16.5. The Hall–Kier alpha value is -1.64. The predicted octanol–water partition coefficient (Wildman–Crippen LogP) is 4.89. The molecule has 0 radical (unpaired) electrons. The zero-order valence-electron chi connectivity index (χ0n) is 15.4. The maximum absolute atomic E-state index is 5.99. The molecule has 2 rings (SSSR count). The van der Waals surface area contributed by atoms with E-state index >= 15 is 0 Å². The van der Waals surface area contributed by atoms with Crippen LogP contribution in [0.3, 0.4) is 0 Å². The molecule has 0 N–H and O–H groups in total. The van der Waals surface area contributed by atoms with Crippen LogP contribution < -0.4 is 0 Å². The Labute approximate surface area is 147 Å². The van der Waals surface area contributed by atoms with Crippen molar-refractivity contribution in [3.63, 3.8) is 0 Å². The number of hydrogen-bond acceptors (Lipinski definition) is 2. The SMILES string of the molecule is CCO[C@H](CN(CC)CC)c1ccc(CCc2ccccc2)cc1. The number of ether oxygens (including phenoxy) is 1. The van der Waals surface area contributed by atoms with Crippen molar-refractivity contribution in [3.8, 4) is 0 Å². The van der Waals surface area contributed by atoms with Crippen molar-refractivity contribution in [2.24, 2.45) is 0 Å². The summed E-state index contributed by atoms with van der Waals surface area (Å²) in [5.41, 5.74) is 4.07. The summed E-state index contributed by atoms with van der Waals surface area (Å²) in [5, 5.41) is 0. The van der Waals surface area contributed by atoms with E-state index in [4.69, 9.17) is 4.74 Å². The molecule has 24 heavy (non-hydrogen) atoms. The Bertz CT molecular complexity index is 560. The molecule has 0 aromatic heterocycles. The summed E-state index contributed by atoms with van der Waals surface area (Å²) in [6.45, 7) is 10.3. The van der Waals surface area contributed by atoms with Crippen molar-refractivity contribution in [2.75, 3.05) is 26.2 Å². The zero-order chi connectivity index (χ0) is 17.2. The molecule has 2 nitrogen and oxygen atoms in total. The predicted molar refractivity (Wildman–Crippen MR) is 102 cm³/mol. The summed E-state index contributed by atoms with van der Waals surface area (Å²) in [5.74, 6) is 0. The maximum atomic E-state index is 5.99. The average Bonchev–Trinajstić information content (AvgIpc) is 2.65. The molecular weight excluding hydrogens is 294 g/mol. The number of likely N-dealkylation sites (N-methyl/N-ethyl adjacent to an activating group) is 1. The van der Waals surface area contributed by atoms with Crippen molar-refractivity contribution in [2.45, 2.75) is 39.7 Å². The van der Waals surface area contributed by atoms with Gasteiger partial charge >= 0.3 is 0 Å². The Morgan fingerprint density at radius 3 is 1.92 bits per heavy atom. The highest BCUT2D eigenvalue weighted by Gasteiger charge is 2.14. The summed E-state index contributed by atoms with van der Waals surface area (Å²) in [4.78, 5) is 2.42. The lowest BCUT2D eigenvalue weighted by Gasteiger charge is -2.25. The first-order chi connectivity index (χ1) is 11.8. The maximum Gasteiger partial charge on any atom is 0.0951 e. The van der Waals surface area contributed by atoms with Gasteiger partial charge in [-0.25, -0.2) is 0 Å². The smallest absolute Gasteiger partial charge is 0.0951 e. The third-order valence-electron chi connectivity index (χ3n) is 4.58. The van der Waals surface area contributed by atoms with Gasteiger partial charge in [0.05, 0.1) is 6.10 Å². The van der Waals surface area contributed by atoms with E-state index in [0.29, 0.717) is 0 Å². The minimum atomic E-state index is 0.165. The number of nitrogens with zero attached hydrogens (tertiary/aromatic N) is 1. The number of aryl methyl sites for hydroxylation is 2. The van der Waals surface area contributed by atoms with E-state index in [1.165, 1.54) is 16.7 Å². The Morgan fingerprint density at radius 2 is 1.38 bits per heavy atom. The fourth-order valence-corrected chi connectivity index (χ4v) is 3.00. The van der Waals surface area contributed by atoms with E-state index in [0.717, 1.165) is 39.1 Å². The van der Waals surface area contributed by atoms with E-state index < -0.39 is 0 Å². The van der Waals surface area contributed by atoms with Gasteiger partial charge < -0.3 is 9.64 Å². The van der Waals surface area contributed by atoms with Gasteiger partial charge in [-0.1, -0.05) is 68.4 Å². The second-order valence-corrected chi connectivity index (χ2v) is 6.16. The van der Waals surface area contributed by atoms with Crippen molar-refractivity contribution >= 4 is 0 Å². The summed E-state index contributed by atoms with van der Waals surface area (Å²) in [7, 11) is 0. The first-order valence-corrected chi connectivity index (χ1v) is 9.23. The van der Waals surface area contributed by atoms with E-state index in [1.807, 2.05) is 0 Å². The van der Waals surface area contributed by atoms with Crippen LogP contribution in [0.4, 0.5) is 0 Å². The molecule has 0 heterocycles. The number of hydrogen-bond donors (Lipinski definition) is 0. The van der Waals surface area contributed by atoms with Gasteiger partial charge in [-0.15, -0.1) is 0 Å². The summed E-state index contributed by atoms with van der Waals surface area (Å²) in [6, 6.07) is 19.7. The second kappa shape index (κ2) is 10.3. The molecule has 0 bridgehead atoms. The van der Waals surface area contributed by atoms with Gasteiger partial charge in [-0.2, -0.15) is 0 Å². The lowest BCUT2D eigenvalue weighted by atomic mass is 10.0. The summed E-state index contributed by atoms with van der Waals surface area (Å²) >= 11 is 0. The minimum Gasteiger partial charge on any atom is -0.372 e. The highest BCUT2D eigenvalue weighted by molar-refractivity contribution is 5.26. The Morgan fingerprint density at radius 1 is 0.792 bits per heavy atom. The van der Waals surface area contributed by atoms with Gasteiger partial charge in [0.25, 0.3) is 0 Å². The molecule has 2 aromatic rings. The van der Waals surface area contributed by atoms with Crippen LogP contribution in [0.5, 0.6) is 0 Å². The van der Waals surface area contributed by atoms with Crippen molar-refractivity contribution in [1.29, 1.82) is 0 Å². The molecule has 130 valence electrons. The van der Waals surface area contributed by atoms with Crippen molar-refractivity contribution < 1.29 is 4.74 Å². The lowest BCUT2D eigenvalue weighted by molar-refractivity contribution is 0.0348. The molecular formula is C22H31NO. The van der Waals surface area contributed by atoms with Crippen LogP contribution in [0.2, 0.25) is 0 Å². The number of benzene rings is 2. The highest BCUT2D eigenvalue weighted by Crippen LogP contribution is 2.20. The topological polar surface area (TPSA) is 12.5 Å². The average molecular weight is 325 g/mol. The van der Waals surface area contributed by atoms with Gasteiger partial charge in [-0.05, 0) is 49.5 Å². The normalized spacial score (nSPS) is 12.5. The molecule has 0 spiro atoms. The van der Waals surface area contributed by atoms with Crippen LogP contribution in [-0.4, -0.2) is 31.1 Å². The molecule has 0 unspecified atom stereocenters. The van der Waals surface area contributed by atoms with Crippen LogP contribution in [0, 0.1) is 0 Å². The fourth-order valence-electron chi connectivity index (χ4n) is 3.00. The first-order valence-electron chi connectivity index (χ1n) is 9.23. The fraction of sp³-hybridized carbons (Fsp3) is 0.455. The second-order valence-electron chi connectivity index (χ2n) is 6.16. The quantitative estimate of drug-likeness (QED) is 0.616. The monoisotopic (exact) mass is 325 g/mol. The number of rotatable bonds is 10. The minimum absolute atomic E-state index is 0.165. The molecule has 0 saturated carbocycles. The van der Waals surface area contributed by atoms with Gasteiger partial charge in [-0.3, -0.25) is 0 Å². The van der Waals surface area contributed by atoms with E-state index in [1.54, 1.807) is 0 Å². The third kappa shape index (κ3) is 5.77. The molecule has 2 aromatic carbocycles. The van der Waals surface area contributed by atoms with Crippen LogP contribution >= 0.6 is 0 Å². The molecule has 0 aliphatic carbocycles. The summed E-state index contributed by atoms with van der Waals surface area (Å²) in [6.07, 6.45) is 2.34. The zero-order valence-corrected chi connectivity index (χ0v) is 15.4. The van der Waals surface area contributed by atoms with E-state index in [2.05, 4.69) is 80.3 Å². The first kappa shape index (κ1) is 18.7. The molecule has 0 amide bonds. The van der Waals surface area contributed by atoms with Crippen LogP contribution in [0.15, 0.2) is 54.6 Å². The van der Waals surface area contributed by atoms with E-state index in [-0.39, 0.29) is 6.10 Å². The third-order valence-corrected chi connectivity index (χ3v) is 4.58. The van der Waals surface area contributed by atoms with E-state index in [9.17, 15) is 0 Å². The van der Waals surface area contributed by atoms with Crippen molar-refractivity contribution in [3.05, 3.63) is 71.3 Å². The van der Waals surface area contributed by atoms with Crippen LogP contribution in [0.25, 0.3) is 0 Å².